The number of benzene rings is 1. The van der Waals surface area contributed by atoms with Crippen LogP contribution >= 0.6 is 0 Å². The number of hydrogen-bond acceptors (Lipinski definition) is 1. The number of aliphatic hydroxyl groups is 1. The summed E-state index contributed by atoms with van der Waals surface area (Å²) in [5.74, 6) is 0. The van der Waals surface area contributed by atoms with E-state index in [1.807, 2.05) is 18.2 Å². The Morgan fingerprint density at radius 1 is 1.46 bits per heavy atom. The molecule has 2 heteroatoms. The molecule has 0 bridgehead atoms. The van der Waals surface area contributed by atoms with Crippen LogP contribution in [0.25, 0.3) is 0 Å². The van der Waals surface area contributed by atoms with Gasteiger partial charge in [-0.05, 0) is 17.5 Å². The Balaban J connectivity index is 2.78. The van der Waals surface area contributed by atoms with Gasteiger partial charge in [0.1, 0.15) is 6.17 Å². The normalized spacial score (nSPS) is 12.8. The summed E-state index contributed by atoms with van der Waals surface area (Å²) in [4.78, 5) is 0. The fraction of sp³-hybridized carbons (Fsp3) is 0.455. The average Bonchev–Trinajstić information content (AvgIpc) is 2.18. The number of alkyl halides is 1. The summed E-state index contributed by atoms with van der Waals surface area (Å²) in [6.45, 7) is 1.65. The Morgan fingerprint density at radius 3 is 2.85 bits per heavy atom. The van der Waals surface area contributed by atoms with E-state index in [0.29, 0.717) is 5.56 Å². The minimum absolute atomic E-state index is 0.435. The molecule has 72 valence electrons. The van der Waals surface area contributed by atoms with Crippen molar-refractivity contribution < 1.29 is 9.50 Å². The average molecular weight is 182 g/mol. The Hall–Kier alpha value is -0.890. The van der Waals surface area contributed by atoms with Gasteiger partial charge in [0, 0.05) is 0 Å². The van der Waals surface area contributed by atoms with E-state index < -0.39 is 12.8 Å². The van der Waals surface area contributed by atoms with Crippen molar-refractivity contribution in [2.45, 2.75) is 25.9 Å². The lowest BCUT2D eigenvalue weighted by Gasteiger charge is -2.06. The van der Waals surface area contributed by atoms with Gasteiger partial charge in [-0.2, -0.15) is 0 Å². The molecule has 0 aliphatic rings. The van der Waals surface area contributed by atoms with Gasteiger partial charge in [-0.1, -0.05) is 37.6 Å². The van der Waals surface area contributed by atoms with Gasteiger partial charge in [0.25, 0.3) is 0 Å². The molecule has 1 N–H and O–H groups in total. The third kappa shape index (κ3) is 2.81. The fourth-order valence-corrected chi connectivity index (χ4v) is 1.34. The maximum absolute atomic E-state index is 13.0. The highest BCUT2D eigenvalue weighted by molar-refractivity contribution is 5.25. The molecule has 0 aliphatic heterocycles. The van der Waals surface area contributed by atoms with Crippen LogP contribution in [0.15, 0.2) is 24.3 Å². The van der Waals surface area contributed by atoms with Gasteiger partial charge in [0.15, 0.2) is 0 Å². The number of aliphatic hydroxyl groups excluding tert-OH is 1. The van der Waals surface area contributed by atoms with E-state index in [1.54, 1.807) is 6.07 Å². The van der Waals surface area contributed by atoms with Crippen LogP contribution in [0, 0.1) is 0 Å². The summed E-state index contributed by atoms with van der Waals surface area (Å²) >= 11 is 0. The molecule has 1 aromatic rings. The molecule has 0 aliphatic carbocycles. The summed E-state index contributed by atoms with van der Waals surface area (Å²) in [6, 6.07) is 7.35. The minimum Gasteiger partial charge on any atom is -0.393 e. The molecule has 0 saturated heterocycles. The smallest absolute Gasteiger partial charge is 0.148 e. The number of aryl methyl sites for hydroxylation is 1. The molecule has 1 atom stereocenters. The third-order valence-electron chi connectivity index (χ3n) is 2.01. The second kappa shape index (κ2) is 4.97. The lowest BCUT2D eigenvalue weighted by atomic mass is 10.0. The molecule has 1 rings (SSSR count). The maximum Gasteiger partial charge on any atom is 0.148 e. The lowest BCUT2D eigenvalue weighted by Crippen LogP contribution is -1.97. The van der Waals surface area contributed by atoms with Gasteiger partial charge >= 0.3 is 0 Å². The van der Waals surface area contributed by atoms with Crippen molar-refractivity contribution >= 4 is 0 Å². The van der Waals surface area contributed by atoms with Crippen molar-refractivity contribution in [3.05, 3.63) is 35.4 Å². The van der Waals surface area contributed by atoms with Gasteiger partial charge in [0.05, 0.1) is 6.61 Å². The van der Waals surface area contributed by atoms with Crippen LogP contribution in [-0.4, -0.2) is 11.7 Å². The maximum atomic E-state index is 13.0. The van der Waals surface area contributed by atoms with Crippen LogP contribution in [0.5, 0.6) is 0 Å². The zero-order chi connectivity index (χ0) is 9.68. The first kappa shape index (κ1) is 10.2. The van der Waals surface area contributed by atoms with E-state index in [-0.39, 0.29) is 0 Å². The van der Waals surface area contributed by atoms with Crippen molar-refractivity contribution in [2.75, 3.05) is 6.61 Å². The standard InChI is InChI=1S/C11H15FO/c1-2-4-9-5-3-6-10(7-9)11(12)8-13/h3,5-7,11,13H,2,4,8H2,1H3. The number of halogens is 1. The van der Waals surface area contributed by atoms with Crippen molar-refractivity contribution in [1.29, 1.82) is 0 Å². The van der Waals surface area contributed by atoms with Gasteiger partial charge < -0.3 is 5.11 Å². The lowest BCUT2D eigenvalue weighted by molar-refractivity contribution is 0.180. The van der Waals surface area contributed by atoms with E-state index in [4.69, 9.17) is 5.11 Å². The zero-order valence-corrected chi connectivity index (χ0v) is 7.83. The first-order valence-electron chi connectivity index (χ1n) is 4.61. The topological polar surface area (TPSA) is 20.2 Å². The number of rotatable bonds is 4. The third-order valence-corrected chi connectivity index (χ3v) is 2.01. The van der Waals surface area contributed by atoms with E-state index in [2.05, 4.69) is 6.92 Å². The highest BCUT2D eigenvalue weighted by Gasteiger charge is 2.07. The van der Waals surface area contributed by atoms with E-state index in [0.717, 1.165) is 18.4 Å². The van der Waals surface area contributed by atoms with Crippen molar-refractivity contribution in [2.24, 2.45) is 0 Å². The molecule has 0 spiro atoms. The van der Waals surface area contributed by atoms with Gasteiger partial charge in [0.2, 0.25) is 0 Å². The van der Waals surface area contributed by atoms with Crippen LogP contribution in [0.4, 0.5) is 4.39 Å². The zero-order valence-electron chi connectivity index (χ0n) is 7.83. The molecular formula is C11H15FO. The van der Waals surface area contributed by atoms with Crippen LogP contribution < -0.4 is 0 Å². The molecular weight excluding hydrogens is 167 g/mol. The molecule has 13 heavy (non-hydrogen) atoms. The highest BCUT2D eigenvalue weighted by Crippen LogP contribution is 2.18. The fourth-order valence-electron chi connectivity index (χ4n) is 1.34. The molecule has 0 fully saturated rings. The Bertz CT molecular complexity index is 260. The van der Waals surface area contributed by atoms with Crippen LogP contribution in [0.3, 0.4) is 0 Å². The first-order valence-corrected chi connectivity index (χ1v) is 4.61. The second-order valence-corrected chi connectivity index (χ2v) is 3.15. The van der Waals surface area contributed by atoms with Gasteiger partial charge in [-0.15, -0.1) is 0 Å². The molecule has 0 radical (unpaired) electrons. The van der Waals surface area contributed by atoms with Gasteiger partial charge in [-0.3, -0.25) is 0 Å². The molecule has 0 amide bonds. The quantitative estimate of drug-likeness (QED) is 0.759. The van der Waals surface area contributed by atoms with E-state index >= 15 is 0 Å². The van der Waals surface area contributed by atoms with Crippen LogP contribution in [0.2, 0.25) is 0 Å². The molecule has 0 heterocycles. The van der Waals surface area contributed by atoms with Crippen molar-refractivity contribution in [3.63, 3.8) is 0 Å². The monoisotopic (exact) mass is 182 g/mol. The second-order valence-electron chi connectivity index (χ2n) is 3.15. The first-order chi connectivity index (χ1) is 6.27. The largest absolute Gasteiger partial charge is 0.393 e. The van der Waals surface area contributed by atoms with E-state index in [9.17, 15) is 4.39 Å². The highest BCUT2D eigenvalue weighted by atomic mass is 19.1. The van der Waals surface area contributed by atoms with Crippen molar-refractivity contribution in [1.82, 2.24) is 0 Å². The molecule has 1 nitrogen and oxygen atoms in total. The van der Waals surface area contributed by atoms with Crippen LogP contribution in [0.1, 0.15) is 30.6 Å². The number of hydrogen-bond donors (Lipinski definition) is 1. The summed E-state index contributed by atoms with van der Waals surface area (Å²) in [7, 11) is 0. The summed E-state index contributed by atoms with van der Waals surface area (Å²) < 4.78 is 13.0. The predicted molar refractivity (Wildman–Crippen MR) is 51.4 cm³/mol. The summed E-state index contributed by atoms with van der Waals surface area (Å²) in [5, 5.41) is 8.63. The minimum atomic E-state index is -1.24. The van der Waals surface area contributed by atoms with Gasteiger partial charge in [-0.25, -0.2) is 4.39 Å². The molecule has 0 saturated carbocycles. The SMILES string of the molecule is CCCc1cccc(C(F)CO)c1. The Morgan fingerprint density at radius 2 is 2.23 bits per heavy atom. The Kier molecular flexibility index (Phi) is 3.90. The van der Waals surface area contributed by atoms with Crippen molar-refractivity contribution in [3.8, 4) is 0 Å². The molecule has 1 unspecified atom stereocenters. The molecule has 1 aromatic carbocycles. The predicted octanol–water partition coefficient (Wildman–Crippen LogP) is 2.64. The summed E-state index contributed by atoms with van der Waals surface area (Å²) in [5.41, 5.74) is 1.71. The Labute approximate surface area is 78.2 Å². The summed E-state index contributed by atoms with van der Waals surface area (Å²) in [6.07, 6.45) is 0.780. The van der Waals surface area contributed by atoms with E-state index in [1.165, 1.54) is 0 Å². The van der Waals surface area contributed by atoms with Crippen LogP contribution in [-0.2, 0) is 6.42 Å². The molecule has 0 aromatic heterocycles.